The molecule has 4 heteroatoms. The summed E-state index contributed by atoms with van der Waals surface area (Å²) in [6.07, 6.45) is 6.89. The van der Waals surface area contributed by atoms with Crippen LogP contribution in [-0.2, 0) is 18.2 Å². The quantitative estimate of drug-likeness (QED) is 0.841. The Kier molecular flexibility index (Phi) is 3.30. The zero-order valence-electron chi connectivity index (χ0n) is 10.0. The van der Waals surface area contributed by atoms with E-state index in [2.05, 4.69) is 4.98 Å². The molecule has 2 atom stereocenters. The fourth-order valence-electron chi connectivity index (χ4n) is 2.20. The molecule has 1 fully saturated rings. The molecule has 1 saturated heterocycles. The molecule has 4 nitrogen and oxygen atoms in total. The van der Waals surface area contributed by atoms with Crippen molar-refractivity contribution in [2.45, 2.75) is 44.3 Å². The topological polar surface area (TPSA) is 47.3 Å². The van der Waals surface area contributed by atoms with Crippen molar-refractivity contribution in [3.8, 4) is 0 Å². The molecule has 1 aliphatic heterocycles. The second-order valence-electron chi connectivity index (χ2n) is 4.79. The number of rotatable bonds is 3. The van der Waals surface area contributed by atoms with Crippen molar-refractivity contribution in [3.63, 3.8) is 0 Å². The lowest BCUT2D eigenvalue weighted by atomic mass is 9.88. The lowest BCUT2D eigenvalue weighted by Crippen LogP contribution is -2.46. The van der Waals surface area contributed by atoms with Crippen molar-refractivity contribution in [1.82, 2.24) is 9.55 Å². The lowest BCUT2D eigenvalue weighted by Gasteiger charge is -2.37. The Morgan fingerprint density at radius 1 is 1.62 bits per heavy atom. The summed E-state index contributed by atoms with van der Waals surface area (Å²) in [5, 5.41) is 10.3. The van der Waals surface area contributed by atoms with Crippen LogP contribution >= 0.6 is 0 Å². The Hall–Kier alpha value is -0.870. The van der Waals surface area contributed by atoms with Crippen LogP contribution in [0.25, 0.3) is 0 Å². The van der Waals surface area contributed by atoms with E-state index in [1.807, 2.05) is 24.7 Å². The Morgan fingerprint density at radius 3 is 3.00 bits per heavy atom. The standard InChI is InChI=1S/C12H20N2O2/c1-12(5-3-4-8-16-12)10(15)9-11-13-6-7-14(11)2/h6-7,10,15H,3-5,8-9H2,1-2H3. The van der Waals surface area contributed by atoms with Crippen molar-refractivity contribution in [3.05, 3.63) is 18.2 Å². The predicted molar refractivity (Wildman–Crippen MR) is 61.1 cm³/mol. The van der Waals surface area contributed by atoms with Crippen LogP contribution in [-0.4, -0.2) is 33.0 Å². The summed E-state index contributed by atoms with van der Waals surface area (Å²) in [7, 11) is 1.94. The smallest absolute Gasteiger partial charge is 0.111 e. The largest absolute Gasteiger partial charge is 0.390 e. The average molecular weight is 224 g/mol. The minimum absolute atomic E-state index is 0.399. The fourth-order valence-corrected chi connectivity index (χ4v) is 2.20. The summed E-state index contributed by atoms with van der Waals surface area (Å²) in [4.78, 5) is 4.23. The molecular formula is C12H20N2O2. The van der Waals surface area contributed by atoms with Crippen molar-refractivity contribution in [2.75, 3.05) is 6.61 Å². The number of hydrogen-bond donors (Lipinski definition) is 1. The van der Waals surface area contributed by atoms with E-state index in [0.29, 0.717) is 6.42 Å². The summed E-state index contributed by atoms with van der Waals surface area (Å²) in [6.45, 7) is 2.76. The van der Waals surface area contributed by atoms with Crippen LogP contribution in [0.5, 0.6) is 0 Å². The molecule has 16 heavy (non-hydrogen) atoms. The van der Waals surface area contributed by atoms with E-state index >= 15 is 0 Å². The van der Waals surface area contributed by atoms with E-state index in [0.717, 1.165) is 31.7 Å². The first-order valence-corrected chi connectivity index (χ1v) is 5.90. The van der Waals surface area contributed by atoms with Gasteiger partial charge in [-0.25, -0.2) is 4.98 Å². The normalized spacial score (nSPS) is 27.9. The van der Waals surface area contributed by atoms with Crippen LogP contribution in [0.15, 0.2) is 12.4 Å². The minimum Gasteiger partial charge on any atom is -0.390 e. The zero-order chi connectivity index (χ0) is 11.6. The third-order valence-corrected chi connectivity index (χ3v) is 3.50. The molecule has 0 spiro atoms. The van der Waals surface area contributed by atoms with E-state index in [4.69, 9.17) is 4.74 Å². The van der Waals surface area contributed by atoms with Gasteiger partial charge in [0.1, 0.15) is 5.82 Å². The van der Waals surface area contributed by atoms with Crippen LogP contribution in [0.3, 0.4) is 0 Å². The Bertz CT molecular complexity index is 343. The van der Waals surface area contributed by atoms with Crippen LogP contribution in [0.1, 0.15) is 32.0 Å². The number of imidazole rings is 1. The van der Waals surface area contributed by atoms with Gasteiger partial charge in [0.05, 0.1) is 11.7 Å². The van der Waals surface area contributed by atoms with E-state index in [9.17, 15) is 5.11 Å². The maximum atomic E-state index is 10.3. The number of aliphatic hydroxyl groups is 1. The van der Waals surface area contributed by atoms with Crippen LogP contribution in [0.2, 0.25) is 0 Å². The van der Waals surface area contributed by atoms with Crippen molar-refractivity contribution in [2.24, 2.45) is 7.05 Å². The van der Waals surface area contributed by atoms with E-state index in [1.165, 1.54) is 0 Å². The maximum absolute atomic E-state index is 10.3. The van der Waals surface area contributed by atoms with E-state index < -0.39 is 11.7 Å². The molecule has 0 saturated carbocycles. The van der Waals surface area contributed by atoms with Crippen molar-refractivity contribution < 1.29 is 9.84 Å². The third kappa shape index (κ3) is 2.28. The molecule has 1 aromatic heterocycles. The van der Waals surface area contributed by atoms with Crippen LogP contribution < -0.4 is 0 Å². The lowest BCUT2D eigenvalue weighted by molar-refractivity contribution is -0.136. The second-order valence-corrected chi connectivity index (χ2v) is 4.79. The molecular weight excluding hydrogens is 204 g/mol. The minimum atomic E-state index is -0.478. The summed E-state index contributed by atoms with van der Waals surface area (Å²) < 4.78 is 7.67. The molecule has 1 aliphatic rings. The summed E-state index contributed by atoms with van der Waals surface area (Å²) in [5.41, 5.74) is -0.399. The number of ether oxygens (including phenoxy) is 1. The van der Waals surface area contributed by atoms with Gasteiger partial charge < -0.3 is 14.4 Å². The average Bonchev–Trinajstić information content (AvgIpc) is 2.65. The first kappa shape index (κ1) is 11.6. The number of aliphatic hydroxyl groups excluding tert-OH is 1. The molecule has 1 N–H and O–H groups in total. The van der Waals surface area contributed by atoms with Gasteiger partial charge in [-0.05, 0) is 26.2 Å². The van der Waals surface area contributed by atoms with E-state index in [1.54, 1.807) is 6.20 Å². The molecule has 2 rings (SSSR count). The first-order chi connectivity index (χ1) is 7.62. The molecule has 90 valence electrons. The molecule has 0 aliphatic carbocycles. The molecule has 0 aromatic carbocycles. The van der Waals surface area contributed by atoms with Crippen LogP contribution in [0, 0.1) is 0 Å². The molecule has 0 bridgehead atoms. The maximum Gasteiger partial charge on any atom is 0.111 e. The summed E-state index contributed by atoms with van der Waals surface area (Å²) >= 11 is 0. The van der Waals surface area contributed by atoms with Crippen molar-refractivity contribution in [1.29, 1.82) is 0 Å². The van der Waals surface area contributed by atoms with Gasteiger partial charge in [0.25, 0.3) is 0 Å². The second kappa shape index (κ2) is 4.55. The summed E-state index contributed by atoms with van der Waals surface area (Å²) in [5.74, 6) is 0.905. The Morgan fingerprint density at radius 2 is 2.44 bits per heavy atom. The fraction of sp³-hybridized carbons (Fsp3) is 0.750. The van der Waals surface area contributed by atoms with Gasteiger partial charge in [-0.1, -0.05) is 0 Å². The van der Waals surface area contributed by atoms with Gasteiger partial charge >= 0.3 is 0 Å². The monoisotopic (exact) mass is 224 g/mol. The highest BCUT2D eigenvalue weighted by Crippen LogP contribution is 2.29. The number of hydrogen-bond acceptors (Lipinski definition) is 3. The number of nitrogens with zero attached hydrogens (tertiary/aromatic N) is 2. The molecule has 1 aromatic rings. The highest BCUT2D eigenvalue weighted by atomic mass is 16.5. The van der Waals surface area contributed by atoms with Gasteiger partial charge in [-0.2, -0.15) is 0 Å². The predicted octanol–water partition coefficient (Wildman–Crippen LogP) is 1.28. The van der Waals surface area contributed by atoms with Gasteiger partial charge in [-0.15, -0.1) is 0 Å². The third-order valence-electron chi connectivity index (χ3n) is 3.50. The zero-order valence-corrected chi connectivity index (χ0v) is 10.0. The molecule has 2 unspecified atom stereocenters. The van der Waals surface area contributed by atoms with Gasteiger partial charge in [0, 0.05) is 32.5 Å². The van der Waals surface area contributed by atoms with E-state index in [-0.39, 0.29) is 0 Å². The van der Waals surface area contributed by atoms with Gasteiger partial charge in [-0.3, -0.25) is 0 Å². The van der Waals surface area contributed by atoms with Gasteiger partial charge in [0.2, 0.25) is 0 Å². The highest BCUT2D eigenvalue weighted by Gasteiger charge is 2.36. The van der Waals surface area contributed by atoms with Crippen LogP contribution in [0.4, 0.5) is 0 Å². The molecule has 2 heterocycles. The Labute approximate surface area is 96.3 Å². The molecule has 0 amide bonds. The highest BCUT2D eigenvalue weighted by molar-refractivity contribution is 4.98. The Balaban J connectivity index is 2.01. The number of aromatic nitrogens is 2. The molecule has 0 radical (unpaired) electrons. The van der Waals surface area contributed by atoms with Crippen molar-refractivity contribution >= 4 is 0 Å². The SMILES string of the molecule is Cn1ccnc1CC(O)C1(C)CCCCO1. The summed E-state index contributed by atoms with van der Waals surface area (Å²) in [6, 6.07) is 0. The van der Waals surface area contributed by atoms with Gasteiger partial charge in [0.15, 0.2) is 0 Å². The number of aryl methyl sites for hydroxylation is 1. The first-order valence-electron chi connectivity index (χ1n) is 5.90.